The maximum atomic E-state index is 12.7. The van der Waals surface area contributed by atoms with Crippen LogP contribution in [-0.4, -0.2) is 33.6 Å². The topological polar surface area (TPSA) is 75.0 Å². The molecule has 0 unspecified atom stereocenters. The second kappa shape index (κ2) is 6.59. The first-order valence-electron chi connectivity index (χ1n) is 7.03. The molecule has 108 valence electrons. The maximum absolute atomic E-state index is 12.7. The van der Waals surface area contributed by atoms with Gasteiger partial charge in [-0.05, 0) is 25.7 Å². The Labute approximate surface area is 115 Å². The van der Waals surface area contributed by atoms with Crippen LogP contribution in [0.1, 0.15) is 56.6 Å². The number of hydrogen-bond donors (Lipinski definition) is 2. The van der Waals surface area contributed by atoms with Gasteiger partial charge < -0.3 is 10.6 Å². The van der Waals surface area contributed by atoms with E-state index in [1.54, 1.807) is 0 Å². The van der Waals surface area contributed by atoms with Crippen molar-refractivity contribution in [2.24, 2.45) is 5.92 Å². The number of aromatic amines is 1. The minimum atomic E-state index is -0.00819. The number of hydrogen-bond acceptors (Lipinski definition) is 3. The lowest BCUT2D eigenvalue weighted by atomic mass is 10.1. The standard InChI is InChI=1S/C14H26N4O/c1-6-11(7-2)18(8-9(3)4)14(19)12-10(5)16-17-13(12)15/h9,11H,6-8H2,1-5H3,(H3,15,16,17). The zero-order chi connectivity index (χ0) is 14.6. The highest BCUT2D eigenvalue weighted by Crippen LogP contribution is 2.20. The highest BCUT2D eigenvalue weighted by molar-refractivity contribution is 5.99. The van der Waals surface area contributed by atoms with Gasteiger partial charge in [0.15, 0.2) is 5.82 Å². The van der Waals surface area contributed by atoms with Gasteiger partial charge in [0.2, 0.25) is 0 Å². The van der Waals surface area contributed by atoms with Crippen LogP contribution >= 0.6 is 0 Å². The molecule has 5 heteroatoms. The summed E-state index contributed by atoms with van der Waals surface area (Å²) in [5.74, 6) is 0.714. The monoisotopic (exact) mass is 266 g/mol. The Kier molecular flexibility index (Phi) is 5.39. The number of aromatic nitrogens is 2. The summed E-state index contributed by atoms with van der Waals surface area (Å²) in [6.07, 6.45) is 1.90. The Morgan fingerprint density at radius 3 is 2.32 bits per heavy atom. The first-order chi connectivity index (χ1) is 8.92. The van der Waals surface area contributed by atoms with Crippen molar-refractivity contribution in [3.63, 3.8) is 0 Å². The minimum Gasteiger partial charge on any atom is -0.382 e. The zero-order valence-electron chi connectivity index (χ0n) is 12.7. The second-order valence-corrected chi connectivity index (χ2v) is 5.43. The molecule has 19 heavy (non-hydrogen) atoms. The number of nitrogens with two attached hydrogens (primary N) is 1. The molecule has 0 spiro atoms. The van der Waals surface area contributed by atoms with Crippen LogP contribution < -0.4 is 5.73 Å². The smallest absolute Gasteiger partial charge is 0.259 e. The molecule has 0 saturated carbocycles. The largest absolute Gasteiger partial charge is 0.382 e. The molecule has 0 bridgehead atoms. The number of anilines is 1. The molecule has 1 aromatic heterocycles. The Bertz CT molecular complexity index is 402. The quantitative estimate of drug-likeness (QED) is 0.831. The third-order valence-electron chi connectivity index (χ3n) is 3.40. The van der Waals surface area contributed by atoms with E-state index in [1.807, 2.05) is 11.8 Å². The molecule has 0 aliphatic heterocycles. The molecular formula is C14H26N4O. The fraction of sp³-hybridized carbons (Fsp3) is 0.714. The van der Waals surface area contributed by atoms with Crippen molar-refractivity contribution >= 4 is 11.7 Å². The number of H-pyrrole nitrogens is 1. The van der Waals surface area contributed by atoms with Crippen molar-refractivity contribution in [3.8, 4) is 0 Å². The van der Waals surface area contributed by atoms with Gasteiger partial charge in [0.05, 0.1) is 0 Å². The van der Waals surface area contributed by atoms with E-state index >= 15 is 0 Å². The predicted octanol–water partition coefficient (Wildman–Crippen LogP) is 2.59. The minimum absolute atomic E-state index is 0.00819. The molecule has 0 atom stereocenters. The third-order valence-corrected chi connectivity index (χ3v) is 3.40. The molecule has 0 fully saturated rings. The highest BCUT2D eigenvalue weighted by atomic mass is 16.2. The average molecular weight is 266 g/mol. The summed E-state index contributed by atoms with van der Waals surface area (Å²) in [4.78, 5) is 14.7. The summed E-state index contributed by atoms with van der Waals surface area (Å²) in [6.45, 7) is 11.0. The fourth-order valence-corrected chi connectivity index (χ4v) is 2.38. The molecule has 0 aromatic carbocycles. The first-order valence-corrected chi connectivity index (χ1v) is 7.03. The molecule has 0 aliphatic rings. The number of nitrogens with zero attached hydrogens (tertiary/aromatic N) is 2. The molecule has 0 saturated heterocycles. The van der Waals surface area contributed by atoms with Crippen molar-refractivity contribution in [2.45, 2.75) is 53.5 Å². The van der Waals surface area contributed by atoms with Crippen molar-refractivity contribution < 1.29 is 4.79 Å². The van der Waals surface area contributed by atoms with Crippen LogP contribution in [0.2, 0.25) is 0 Å². The number of rotatable bonds is 6. The summed E-state index contributed by atoms with van der Waals surface area (Å²) in [7, 11) is 0. The van der Waals surface area contributed by atoms with Crippen molar-refractivity contribution in [1.29, 1.82) is 0 Å². The maximum Gasteiger partial charge on any atom is 0.259 e. The van der Waals surface area contributed by atoms with E-state index in [9.17, 15) is 4.79 Å². The molecule has 3 N–H and O–H groups in total. The molecule has 1 amide bonds. The second-order valence-electron chi connectivity index (χ2n) is 5.43. The van der Waals surface area contributed by atoms with Gasteiger partial charge in [-0.15, -0.1) is 0 Å². The van der Waals surface area contributed by atoms with E-state index in [0.29, 0.717) is 17.3 Å². The zero-order valence-corrected chi connectivity index (χ0v) is 12.7. The van der Waals surface area contributed by atoms with Crippen molar-refractivity contribution in [2.75, 3.05) is 12.3 Å². The van der Waals surface area contributed by atoms with Gasteiger partial charge in [-0.3, -0.25) is 9.89 Å². The van der Waals surface area contributed by atoms with Gasteiger partial charge in [-0.1, -0.05) is 27.7 Å². The predicted molar refractivity (Wildman–Crippen MR) is 78.0 cm³/mol. The summed E-state index contributed by atoms with van der Waals surface area (Å²) < 4.78 is 0. The molecule has 1 rings (SSSR count). The number of nitrogens with one attached hydrogen (secondary N) is 1. The van der Waals surface area contributed by atoms with E-state index < -0.39 is 0 Å². The van der Waals surface area contributed by atoms with Crippen molar-refractivity contribution in [3.05, 3.63) is 11.3 Å². The van der Waals surface area contributed by atoms with Crippen LogP contribution in [0, 0.1) is 12.8 Å². The van der Waals surface area contributed by atoms with Crippen LogP contribution in [-0.2, 0) is 0 Å². The lowest BCUT2D eigenvalue weighted by Gasteiger charge is -2.32. The van der Waals surface area contributed by atoms with Crippen LogP contribution in [0.3, 0.4) is 0 Å². The number of carbonyl (C=O) groups is 1. The summed E-state index contributed by atoms with van der Waals surface area (Å²) in [6, 6.07) is 0.253. The lowest BCUT2D eigenvalue weighted by molar-refractivity contribution is 0.0640. The van der Waals surface area contributed by atoms with Gasteiger partial charge in [-0.2, -0.15) is 5.10 Å². The van der Waals surface area contributed by atoms with Gasteiger partial charge in [0, 0.05) is 18.3 Å². The molecule has 1 aromatic rings. The SMILES string of the molecule is CCC(CC)N(CC(C)C)C(=O)c1c(N)n[nH]c1C. The van der Waals surface area contributed by atoms with Gasteiger partial charge in [0.25, 0.3) is 5.91 Å². The fourth-order valence-electron chi connectivity index (χ4n) is 2.38. The van der Waals surface area contributed by atoms with E-state index in [0.717, 1.165) is 25.1 Å². The third kappa shape index (κ3) is 3.49. The Morgan fingerprint density at radius 2 is 1.95 bits per heavy atom. The Hall–Kier alpha value is -1.52. The van der Waals surface area contributed by atoms with Gasteiger partial charge in [-0.25, -0.2) is 0 Å². The number of nitrogen functional groups attached to an aromatic ring is 1. The lowest BCUT2D eigenvalue weighted by Crippen LogP contribution is -2.42. The van der Waals surface area contributed by atoms with Crippen molar-refractivity contribution in [1.82, 2.24) is 15.1 Å². The Morgan fingerprint density at radius 1 is 1.37 bits per heavy atom. The number of amides is 1. The van der Waals surface area contributed by atoms with Gasteiger partial charge >= 0.3 is 0 Å². The van der Waals surface area contributed by atoms with Crippen LogP contribution in [0.25, 0.3) is 0 Å². The van der Waals surface area contributed by atoms with E-state index in [2.05, 4.69) is 37.9 Å². The Balaban J connectivity index is 3.07. The average Bonchev–Trinajstić information content (AvgIpc) is 2.68. The molecule has 5 nitrogen and oxygen atoms in total. The highest BCUT2D eigenvalue weighted by Gasteiger charge is 2.27. The van der Waals surface area contributed by atoms with Crippen LogP contribution in [0.5, 0.6) is 0 Å². The number of carbonyl (C=O) groups excluding carboxylic acids is 1. The summed E-state index contributed by atoms with van der Waals surface area (Å²) >= 11 is 0. The van der Waals surface area contributed by atoms with E-state index in [1.165, 1.54) is 0 Å². The van der Waals surface area contributed by atoms with E-state index in [4.69, 9.17) is 5.73 Å². The summed E-state index contributed by atoms with van der Waals surface area (Å²) in [5.41, 5.74) is 7.06. The molecule has 0 aliphatic carbocycles. The first kappa shape index (κ1) is 15.5. The number of aryl methyl sites for hydroxylation is 1. The summed E-state index contributed by atoms with van der Waals surface area (Å²) in [5, 5.41) is 6.69. The van der Waals surface area contributed by atoms with Gasteiger partial charge in [0.1, 0.15) is 5.56 Å². The van der Waals surface area contributed by atoms with Crippen LogP contribution in [0.4, 0.5) is 5.82 Å². The molecule has 1 heterocycles. The molecule has 0 radical (unpaired) electrons. The normalized spacial score (nSPS) is 11.3. The van der Waals surface area contributed by atoms with E-state index in [-0.39, 0.29) is 11.9 Å². The van der Waals surface area contributed by atoms with Crippen LogP contribution in [0.15, 0.2) is 0 Å². The molecular weight excluding hydrogens is 240 g/mol.